The first-order valence-corrected chi connectivity index (χ1v) is 7.61. The second-order valence-electron chi connectivity index (χ2n) is 5.28. The summed E-state index contributed by atoms with van der Waals surface area (Å²) < 4.78 is 28.7. The van der Waals surface area contributed by atoms with Crippen molar-refractivity contribution >= 4 is 11.8 Å². The highest BCUT2D eigenvalue weighted by Crippen LogP contribution is 2.43. The first kappa shape index (κ1) is 12.3. The fraction of sp³-hybridized carbons (Fsp3) is 0.429. The van der Waals surface area contributed by atoms with Gasteiger partial charge in [0.2, 0.25) is 5.16 Å². The fourth-order valence-corrected chi connectivity index (χ4v) is 3.46. The van der Waals surface area contributed by atoms with E-state index in [1.165, 1.54) is 25.0 Å². The van der Waals surface area contributed by atoms with Crippen molar-refractivity contribution in [3.8, 4) is 0 Å². The lowest BCUT2D eigenvalue weighted by atomic mass is 10.0. The Hall–Kier alpha value is -1.43. The normalized spacial score (nSPS) is 24.9. The van der Waals surface area contributed by atoms with Crippen LogP contribution < -0.4 is 0 Å². The number of halogens is 2. The van der Waals surface area contributed by atoms with Crippen molar-refractivity contribution < 1.29 is 8.78 Å². The van der Waals surface area contributed by atoms with Crippen LogP contribution in [0, 0.1) is 5.82 Å². The van der Waals surface area contributed by atoms with Gasteiger partial charge in [-0.15, -0.1) is 5.10 Å². The Labute approximate surface area is 119 Å². The van der Waals surface area contributed by atoms with Gasteiger partial charge in [0, 0.05) is 11.7 Å². The molecule has 2 aromatic rings. The molecule has 20 heavy (non-hydrogen) atoms. The summed E-state index contributed by atoms with van der Waals surface area (Å²) in [5, 5.41) is 5.70. The molecule has 2 aliphatic rings. The van der Waals surface area contributed by atoms with E-state index in [4.69, 9.17) is 0 Å². The minimum atomic E-state index is -1.09. The summed E-state index contributed by atoms with van der Waals surface area (Å²) in [4.78, 5) is 4.31. The van der Waals surface area contributed by atoms with E-state index in [0.717, 1.165) is 5.56 Å². The van der Waals surface area contributed by atoms with E-state index in [-0.39, 0.29) is 11.9 Å². The van der Waals surface area contributed by atoms with E-state index in [1.807, 2.05) is 0 Å². The van der Waals surface area contributed by atoms with E-state index in [0.29, 0.717) is 22.7 Å². The molecule has 2 heterocycles. The van der Waals surface area contributed by atoms with Gasteiger partial charge < -0.3 is 0 Å². The maximum absolute atomic E-state index is 14.1. The predicted octanol–water partition coefficient (Wildman–Crippen LogP) is 3.68. The average molecular weight is 293 g/mol. The van der Waals surface area contributed by atoms with Crippen molar-refractivity contribution in [2.45, 2.75) is 41.9 Å². The van der Waals surface area contributed by atoms with Crippen molar-refractivity contribution in [2.75, 3.05) is 0 Å². The molecular formula is C14H13F2N3S. The first-order valence-electron chi connectivity index (χ1n) is 6.73. The Morgan fingerprint density at radius 2 is 1.95 bits per heavy atom. The number of benzene rings is 1. The molecule has 0 amide bonds. The van der Waals surface area contributed by atoms with Gasteiger partial charge in [-0.1, -0.05) is 23.9 Å². The molecule has 2 atom stereocenters. The zero-order chi connectivity index (χ0) is 13.7. The molecule has 0 radical (unpaired) electrons. The third-order valence-electron chi connectivity index (χ3n) is 3.70. The molecule has 4 rings (SSSR count). The second-order valence-corrected chi connectivity index (χ2v) is 6.55. The van der Waals surface area contributed by atoms with Crippen LogP contribution in [-0.2, 0) is 0 Å². The summed E-state index contributed by atoms with van der Waals surface area (Å²) in [6, 6.07) is 6.00. The molecule has 1 aromatic carbocycles. The number of alkyl halides is 1. The van der Waals surface area contributed by atoms with E-state index in [2.05, 4.69) is 10.1 Å². The number of hydrogen-bond acceptors (Lipinski definition) is 3. The summed E-state index contributed by atoms with van der Waals surface area (Å²) in [6.45, 7) is 0. The molecule has 2 unspecified atom stereocenters. The minimum Gasteiger partial charge on any atom is -0.239 e. The molecule has 3 nitrogen and oxygen atoms in total. The summed E-state index contributed by atoms with van der Waals surface area (Å²) in [5.41, 5.74) is 0.876. The second kappa shape index (κ2) is 4.55. The highest BCUT2D eigenvalue weighted by atomic mass is 32.2. The Bertz CT molecular complexity index is 636. The minimum absolute atomic E-state index is 0.179. The number of rotatable bonds is 3. The van der Waals surface area contributed by atoms with Gasteiger partial charge >= 0.3 is 0 Å². The Kier molecular flexibility index (Phi) is 2.80. The van der Waals surface area contributed by atoms with Crippen molar-refractivity contribution in [3.63, 3.8) is 0 Å². The lowest BCUT2D eigenvalue weighted by molar-refractivity contribution is 0.327. The molecule has 1 aliphatic carbocycles. The Balaban J connectivity index is 1.67. The standard InChI is InChI=1S/C14H13F2N3S/c15-9-3-1-8(2-4-9)12-7-11(16)13-17-14(18-19(12)13)20-10-5-6-10/h1-4,10-12H,5-7H2. The lowest BCUT2D eigenvalue weighted by Gasteiger charge is -2.11. The van der Waals surface area contributed by atoms with Gasteiger partial charge in [0.15, 0.2) is 12.0 Å². The van der Waals surface area contributed by atoms with Crippen LogP contribution in [0.25, 0.3) is 0 Å². The average Bonchev–Trinajstić information content (AvgIpc) is 3.06. The van der Waals surface area contributed by atoms with Crippen LogP contribution in [0.4, 0.5) is 8.78 Å². The van der Waals surface area contributed by atoms with Crippen molar-refractivity contribution in [1.82, 2.24) is 14.8 Å². The van der Waals surface area contributed by atoms with Gasteiger partial charge in [0.05, 0.1) is 6.04 Å². The summed E-state index contributed by atoms with van der Waals surface area (Å²) in [5.74, 6) is 0.120. The summed E-state index contributed by atoms with van der Waals surface area (Å²) in [6.07, 6.45) is 1.62. The van der Waals surface area contributed by atoms with E-state index in [9.17, 15) is 8.78 Å². The smallest absolute Gasteiger partial charge is 0.209 e. The molecule has 104 valence electrons. The topological polar surface area (TPSA) is 30.7 Å². The zero-order valence-corrected chi connectivity index (χ0v) is 11.5. The molecular weight excluding hydrogens is 280 g/mol. The monoisotopic (exact) mass is 293 g/mol. The third kappa shape index (κ3) is 2.12. The maximum atomic E-state index is 14.1. The molecule has 1 saturated carbocycles. The third-order valence-corrected chi connectivity index (χ3v) is 4.88. The zero-order valence-electron chi connectivity index (χ0n) is 10.7. The number of aromatic nitrogens is 3. The van der Waals surface area contributed by atoms with Crippen molar-refractivity contribution in [3.05, 3.63) is 41.5 Å². The number of fused-ring (bicyclic) bond motifs is 1. The number of hydrogen-bond donors (Lipinski definition) is 0. The largest absolute Gasteiger partial charge is 0.239 e. The van der Waals surface area contributed by atoms with Gasteiger partial charge in [-0.25, -0.2) is 18.4 Å². The van der Waals surface area contributed by atoms with Gasteiger partial charge in [-0.05, 0) is 30.5 Å². The predicted molar refractivity (Wildman–Crippen MR) is 71.9 cm³/mol. The maximum Gasteiger partial charge on any atom is 0.209 e. The molecule has 0 N–H and O–H groups in total. The van der Waals surface area contributed by atoms with Crippen LogP contribution in [-0.4, -0.2) is 20.0 Å². The number of thioether (sulfide) groups is 1. The quantitative estimate of drug-likeness (QED) is 0.865. The van der Waals surface area contributed by atoms with Gasteiger partial charge in [-0.2, -0.15) is 0 Å². The highest BCUT2D eigenvalue weighted by molar-refractivity contribution is 8.00. The van der Waals surface area contributed by atoms with Crippen LogP contribution in [0.1, 0.15) is 42.9 Å². The summed E-state index contributed by atoms with van der Waals surface area (Å²) in [7, 11) is 0. The molecule has 0 spiro atoms. The molecule has 1 fully saturated rings. The van der Waals surface area contributed by atoms with Crippen LogP contribution in [0.2, 0.25) is 0 Å². The molecule has 1 aromatic heterocycles. The van der Waals surface area contributed by atoms with Crippen LogP contribution >= 0.6 is 11.8 Å². The SMILES string of the molecule is Fc1ccc(C2CC(F)c3nc(SC4CC4)nn32)cc1. The van der Waals surface area contributed by atoms with Crippen LogP contribution in [0.5, 0.6) is 0 Å². The van der Waals surface area contributed by atoms with Gasteiger partial charge in [0.25, 0.3) is 0 Å². The van der Waals surface area contributed by atoms with Crippen molar-refractivity contribution in [1.29, 1.82) is 0 Å². The van der Waals surface area contributed by atoms with E-state index in [1.54, 1.807) is 28.6 Å². The Morgan fingerprint density at radius 1 is 1.20 bits per heavy atom. The van der Waals surface area contributed by atoms with Gasteiger partial charge in [0.1, 0.15) is 5.82 Å². The van der Waals surface area contributed by atoms with Gasteiger partial charge in [-0.3, -0.25) is 0 Å². The summed E-state index contributed by atoms with van der Waals surface area (Å²) >= 11 is 1.63. The molecule has 1 aliphatic heterocycles. The van der Waals surface area contributed by atoms with E-state index >= 15 is 0 Å². The Morgan fingerprint density at radius 3 is 2.65 bits per heavy atom. The number of nitrogens with zero attached hydrogens (tertiary/aromatic N) is 3. The van der Waals surface area contributed by atoms with Crippen LogP contribution in [0.15, 0.2) is 29.4 Å². The van der Waals surface area contributed by atoms with E-state index < -0.39 is 6.17 Å². The molecule has 6 heteroatoms. The highest BCUT2D eigenvalue weighted by Gasteiger charge is 2.36. The lowest BCUT2D eigenvalue weighted by Crippen LogP contribution is -2.07. The first-order chi connectivity index (χ1) is 9.70. The molecule has 0 bridgehead atoms. The van der Waals surface area contributed by atoms with Crippen molar-refractivity contribution in [2.24, 2.45) is 0 Å². The fourth-order valence-electron chi connectivity index (χ4n) is 2.51. The molecule has 0 saturated heterocycles. The van der Waals surface area contributed by atoms with Crippen LogP contribution in [0.3, 0.4) is 0 Å².